The molecule has 0 saturated carbocycles. The van der Waals surface area contributed by atoms with E-state index in [1.54, 1.807) is 0 Å². The van der Waals surface area contributed by atoms with E-state index >= 15 is 0 Å². The van der Waals surface area contributed by atoms with Gasteiger partial charge in [0.05, 0.1) is 0 Å². The first-order valence-electron chi connectivity index (χ1n) is 6.82. The van der Waals surface area contributed by atoms with Crippen LogP contribution < -0.4 is 5.32 Å². The molecule has 0 bridgehead atoms. The normalized spacial score (nSPS) is 12.4. The molecule has 0 aromatic heterocycles. The summed E-state index contributed by atoms with van der Waals surface area (Å²) in [7, 11) is 0. The standard InChI is InChI=1S/C16H27NS/c1-12(2)17-11-16(5,6)14-7-9-15(10-8-14)18-13(3)4/h7-10,12-13,17H,11H2,1-6H3. The largest absolute Gasteiger partial charge is 0.314 e. The molecule has 1 rings (SSSR count). The highest BCUT2D eigenvalue weighted by Gasteiger charge is 2.20. The number of hydrogen-bond acceptors (Lipinski definition) is 2. The van der Waals surface area contributed by atoms with Crippen molar-refractivity contribution in [3.63, 3.8) is 0 Å². The Bertz CT molecular complexity index is 352. The van der Waals surface area contributed by atoms with Crippen LogP contribution >= 0.6 is 11.8 Å². The summed E-state index contributed by atoms with van der Waals surface area (Å²) in [6.07, 6.45) is 0. The van der Waals surface area contributed by atoms with E-state index in [-0.39, 0.29) is 5.41 Å². The number of hydrogen-bond donors (Lipinski definition) is 1. The average molecular weight is 265 g/mol. The third-order valence-electron chi connectivity index (χ3n) is 2.96. The highest BCUT2D eigenvalue weighted by atomic mass is 32.2. The van der Waals surface area contributed by atoms with E-state index in [0.29, 0.717) is 11.3 Å². The molecule has 0 fully saturated rings. The van der Waals surface area contributed by atoms with Crippen LogP contribution in [0.3, 0.4) is 0 Å². The zero-order valence-corrected chi connectivity index (χ0v) is 13.4. The molecule has 0 atom stereocenters. The van der Waals surface area contributed by atoms with Crippen molar-refractivity contribution >= 4 is 11.8 Å². The quantitative estimate of drug-likeness (QED) is 0.762. The number of benzene rings is 1. The van der Waals surface area contributed by atoms with Crippen molar-refractivity contribution < 1.29 is 0 Å². The fourth-order valence-corrected chi connectivity index (χ4v) is 2.66. The van der Waals surface area contributed by atoms with Crippen LogP contribution in [-0.2, 0) is 5.41 Å². The van der Waals surface area contributed by atoms with E-state index in [9.17, 15) is 0 Å². The number of nitrogens with one attached hydrogen (secondary N) is 1. The van der Waals surface area contributed by atoms with Crippen LogP contribution in [0.2, 0.25) is 0 Å². The van der Waals surface area contributed by atoms with E-state index in [0.717, 1.165) is 6.54 Å². The van der Waals surface area contributed by atoms with Crippen molar-refractivity contribution in [3.8, 4) is 0 Å². The highest BCUT2D eigenvalue weighted by molar-refractivity contribution is 7.99. The molecule has 0 spiro atoms. The third-order valence-corrected chi connectivity index (χ3v) is 3.98. The van der Waals surface area contributed by atoms with Gasteiger partial charge < -0.3 is 5.32 Å². The SMILES string of the molecule is CC(C)NCC(C)(C)c1ccc(SC(C)C)cc1. The second-order valence-electron chi connectivity index (χ2n) is 6.11. The summed E-state index contributed by atoms with van der Waals surface area (Å²) in [6.45, 7) is 14.5. The zero-order chi connectivity index (χ0) is 13.8. The lowest BCUT2D eigenvalue weighted by Gasteiger charge is -2.27. The molecule has 0 unspecified atom stereocenters. The van der Waals surface area contributed by atoms with Gasteiger partial charge in [0.25, 0.3) is 0 Å². The van der Waals surface area contributed by atoms with Gasteiger partial charge in [0.1, 0.15) is 0 Å². The second kappa shape index (κ2) is 6.63. The molecule has 0 amide bonds. The maximum atomic E-state index is 3.53. The Morgan fingerprint density at radius 2 is 1.61 bits per heavy atom. The number of rotatable bonds is 6. The number of thioether (sulfide) groups is 1. The lowest BCUT2D eigenvalue weighted by molar-refractivity contribution is 0.441. The smallest absolute Gasteiger partial charge is 0.00747 e. The Morgan fingerprint density at radius 1 is 1.06 bits per heavy atom. The molecule has 2 heteroatoms. The molecule has 0 aliphatic rings. The van der Waals surface area contributed by atoms with Gasteiger partial charge >= 0.3 is 0 Å². The predicted octanol–water partition coefficient (Wildman–Crippen LogP) is 4.46. The summed E-state index contributed by atoms with van der Waals surface area (Å²) in [6, 6.07) is 9.58. The van der Waals surface area contributed by atoms with E-state index in [4.69, 9.17) is 0 Å². The first-order chi connectivity index (χ1) is 8.31. The van der Waals surface area contributed by atoms with Crippen LogP contribution in [0.15, 0.2) is 29.2 Å². The molecule has 18 heavy (non-hydrogen) atoms. The summed E-state index contributed by atoms with van der Waals surface area (Å²) in [5.41, 5.74) is 1.59. The van der Waals surface area contributed by atoms with Crippen molar-refractivity contribution in [1.82, 2.24) is 5.32 Å². The van der Waals surface area contributed by atoms with Gasteiger partial charge in [0.15, 0.2) is 0 Å². The van der Waals surface area contributed by atoms with E-state index in [1.807, 2.05) is 11.8 Å². The lowest BCUT2D eigenvalue weighted by atomic mass is 9.84. The predicted molar refractivity (Wildman–Crippen MR) is 83.6 cm³/mol. The van der Waals surface area contributed by atoms with Gasteiger partial charge in [-0.05, 0) is 17.7 Å². The van der Waals surface area contributed by atoms with Gasteiger partial charge in [0.2, 0.25) is 0 Å². The van der Waals surface area contributed by atoms with E-state index in [2.05, 4.69) is 71.1 Å². The Hall–Kier alpha value is -0.470. The fraction of sp³-hybridized carbons (Fsp3) is 0.625. The van der Waals surface area contributed by atoms with Crippen LogP contribution in [0.4, 0.5) is 0 Å². The van der Waals surface area contributed by atoms with Crippen LogP contribution in [0, 0.1) is 0 Å². The van der Waals surface area contributed by atoms with Crippen LogP contribution in [0.25, 0.3) is 0 Å². The van der Waals surface area contributed by atoms with E-state index in [1.165, 1.54) is 10.5 Å². The summed E-state index contributed by atoms with van der Waals surface area (Å²) < 4.78 is 0. The van der Waals surface area contributed by atoms with Gasteiger partial charge in [-0.3, -0.25) is 0 Å². The van der Waals surface area contributed by atoms with Crippen molar-refractivity contribution in [2.75, 3.05) is 6.54 Å². The average Bonchev–Trinajstić information content (AvgIpc) is 2.26. The Labute approximate surface area is 117 Å². The lowest BCUT2D eigenvalue weighted by Crippen LogP contribution is -2.36. The highest BCUT2D eigenvalue weighted by Crippen LogP contribution is 2.27. The Balaban J connectivity index is 2.71. The first-order valence-corrected chi connectivity index (χ1v) is 7.70. The molecule has 1 aromatic carbocycles. The zero-order valence-electron chi connectivity index (χ0n) is 12.6. The van der Waals surface area contributed by atoms with Gasteiger partial charge in [-0.2, -0.15) is 0 Å². The Kier molecular flexibility index (Phi) is 5.74. The van der Waals surface area contributed by atoms with Gasteiger partial charge in [0, 0.05) is 28.1 Å². The molecule has 1 N–H and O–H groups in total. The maximum absolute atomic E-state index is 3.53. The van der Waals surface area contributed by atoms with Crippen molar-refractivity contribution in [2.45, 2.75) is 63.1 Å². The van der Waals surface area contributed by atoms with Gasteiger partial charge in [-0.1, -0.05) is 53.7 Å². The molecular weight excluding hydrogens is 238 g/mol. The maximum Gasteiger partial charge on any atom is 0.00747 e. The molecule has 0 saturated heterocycles. The summed E-state index contributed by atoms with van der Waals surface area (Å²) in [5, 5.41) is 4.17. The van der Waals surface area contributed by atoms with Crippen LogP contribution in [-0.4, -0.2) is 17.8 Å². The Morgan fingerprint density at radius 3 is 2.06 bits per heavy atom. The van der Waals surface area contributed by atoms with E-state index < -0.39 is 0 Å². The molecule has 0 aliphatic heterocycles. The molecule has 102 valence electrons. The first kappa shape index (κ1) is 15.6. The fourth-order valence-electron chi connectivity index (χ4n) is 1.82. The minimum atomic E-state index is 0.186. The molecule has 1 nitrogen and oxygen atoms in total. The molecular formula is C16H27NS. The van der Waals surface area contributed by atoms with Crippen molar-refractivity contribution in [1.29, 1.82) is 0 Å². The molecule has 1 aromatic rings. The molecule has 0 aliphatic carbocycles. The van der Waals surface area contributed by atoms with Crippen molar-refractivity contribution in [3.05, 3.63) is 29.8 Å². The summed E-state index contributed by atoms with van der Waals surface area (Å²) in [4.78, 5) is 1.36. The second-order valence-corrected chi connectivity index (χ2v) is 7.76. The summed E-state index contributed by atoms with van der Waals surface area (Å²) >= 11 is 1.92. The monoisotopic (exact) mass is 265 g/mol. The summed E-state index contributed by atoms with van der Waals surface area (Å²) in [5.74, 6) is 0. The minimum absolute atomic E-state index is 0.186. The van der Waals surface area contributed by atoms with Crippen LogP contribution in [0.5, 0.6) is 0 Å². The molecule has 0 heterocycles. The molecule has 0 radical (unpaired) electrons. The van der Waals surface area contributed by atoms with Gasteiger partial charge in [-0.25, -0.2) is 0 Å². The topological polar surface area (TPSA) is 12.0 Å². The van der Waals surface area contributed by atoms with Crippen LogP contribution in [0.1, 0.15) is 47.1 Å². The minimum Gasteiger partial charge on any atom is -0.314 e. The van der Waals surface area contributed by atoms with Gasteiger partial charge in [-0.15, -0.1) is 11.8 Å². The third kappa shape index (κ3) is 5.03. The van der Waals surface area contributed by atoms with Crippen molar-refractivity contribution in [2.24, 2.45) is 0 Å².